The van der Waals surface area contributed by atoms with Crippen LogP contribution in [0.2, 0.25) is 0 Å². The van der Waals surface area contributed by atoms with Crippen molar-refractivity contribution in [2.45, 2.75) is 13.0 Å². The van der Waals surface area contributed by atoms with Crippen molar-refractivity contribution < 1.29 is 28.2 Å². The number of carbonyl (C=O) groups excluding carboxylic acids is 2. The molecule has 3 heterocycles. The summed E-state index contributed by atoms with van der Waals surface area (Å²) < 4.78 is 24.4. The van der Waals surface area contributed by atoms with Gasteiger partial charge in [0.1, 0.15) is 29.1 Å². The van der Waals surface area contributed by atoms with Gasteiger partial charge in [-0.25, -0.2) is 4.39 Å². The van der Waals surface area contributed by atoms with Crippen LogP contribution in [0.4, 0.5) is 4.39 Å². The van der Waals surface area contributed by atoms with Gasteiger partial charge in [-0.15, -0.1) is 0 Å². The average molecular weight is 414 g/mol. The maximum atomic E-state index is 13.3. The predicted octanol–water partition coefficient (Wildman–Crippen LogP) is 2.48. The van der Waals surface area contributed by atoms with E-state index in [9.17, 15) is 19.1 Å². The molecule has 1 N–H and O–H groups in total. The molecule has 158 valence electrons. The van der Waals surface area contributed by atoms with E-state index < -0.39 is 23.5 Å². The van der Waals surface area contributed by atoms with Crippen LogP contribution in [0.5, 0.6) is 0 Å². The van der Waals surface area contributed by atoms with Crippen LogP contribution in [0.3, 0.4) is 0 Å². The predicted molar refractivity (Wildman–Crippen MR) is 106 cm³/mol. The third-order valence-electron chi connectivity index (χ3n) is 5.45. The normalized spacial score (nSPS) is 22.1. The number of hydrogen-bond donors (Lipinski definition) is 1. The number of likely N-dealkylation sites (tertiary alicyclic amines) is 1. The maximum absolute atomic E-state index is 13.3. The molecule has 2 aliphatic rings. The lowest BCUT2D eigenvalue weighted by Crippen LogP contribution is -2.42. The van der Waals surface area contributed by atoms with Crippen LogP contribution >= 0.6 is 0 Å². The number of morpholine rings is 1. The highest BCUT2D eigenvalue weighted by Crippen LogP contribution is 2.39. The molecule has 2 saturated heterocycles. The SMILES string of the molecule is Cc1ccc(C2/C(=C(/O)c3ccc(F)cc3)C(=O)C(=O)N2CCN2CCOCC2)o1. The summed E-state index contributed by atoms with van der Waals surface area (Å²) >= 11 is 0. The number of aryl methyl sites for hydroxylation is 1. The zero-order valence-electron chi connectivity index (χ0n) is 16.6. The Balaban J connectivity index is 1.70. The van der Waals surface area contributed by atoms with Crippen molar-refractivity contribution in [2.24, 2.45) is 0 Å². The van der Waals surface area contributed by atoms with Crippen molar-refractivity contribution in [3.05, 3.63) is 64.9 Å². The van der Waals surface area contributed by atoms with Crippen molar-refractivity contribution in [1.82, 2.24) is 9.80 Å². The van der Waals surface area contributed by atoms with E-state index in [4.69, 9.17) is 9.15 Å². The number of Topliss-reactive ketones (excluding diaryl/α,β-unsaturated/α-hetero) is 1. The van der Waals surface area contributed by atoms with Gasteiger partial charge in [0.05, 0.1) is 18.8 Å². The van der Waals surface area contributed by atoms with Crippen molar-refractivity contribution in [3.63, 3.8) is 0 Å². The summed E-state index contributed by atoms with van der Waals surface area (Å²) in [5, 5.41) is 10.9. The minimum absolute atomic E-state index is 0.0528. The van der Waals surface area contributed by atoms with Gasteiger partial charge in [0, 0.05) is 31.7 Å². The lowest BCUT2D eigenvalue weighted by molar-refractivity contribution is -0.140. The fourth-order valence-corrected chi connectivity index (χ4v) is 3.84. The number of carbonyl (C=O) groups is 2. The van der Waals surface area contributed by atoms with Gasteiger partial charge in [-0.1, -0.05) is 0 Å². The summed E-state index contributed by atoms with van der Waals surface area (Å²) in [4.78, 5) is 29.3. The van der Waals surface area contributed by atoms with Crippen molar-refractivity contribution >= 4 is 17.4 Å². The summed E-state index contributed by atoms with van der Waals surface area (Å²) in [5.41, 5.74) is 0.207. The Bertz CT molecular complexity index is 976. The molecule has 30 heavy (non-hydrogen) atoms. The molecule has 2 aliphatic heterocycles. The fraction of sp³-hybridized carbons (Fsp3) is 0.364. The van der Waals surface area contributed by atoms with Crippen molar-refractivity contribution in [2.75, 3.05) is 39.4 Å². The Labute approximate surface area is 173 Å². The van der Waals surface area contributed by atoms with Crippen LogP contribution in [-0.4, -0.2) is 66.0 Å². The van der Waals surface area contributed by atoms with Crippen LogP contribution in [0.15, 0.2) is 46.4 Å². The van der Waals surface area contributed by atoms with E-state index in [0.29, 0.717) is 37.8 Å². The van der Waals surface area contributed by atoms with E-state index in [-0.39, 0.29) is 16.9 Å². The van der Waals surface area contributed by atoms with E-state index in [2.05, 4.69) is 4.90 Å². The van der Waals surface area contributed by atoms with E-state index in [0.717, 1.165) is 13.1 Å². The number of hydrogen-bond acceptors (Lipinski definition) is 6. The monoisotopic (exact) mass is 414 g/mol. The molecule has 4 rings (SSSR count). The minimum atomic E-state index is -0.843. The topological polar surface area (TPSA) is 83.2 Å². The Hall–Kier alpha value is -2.97. The number of amides is 1. The van der Waals surface area contributed by atoms with E-state index >= 15 is 0 Å². The van der Waals surface area contributed by atoms with Gasteiger partial charge in [-0.05, 0) is 43.3 Å². The van der Waals surface area contributed by atoms with E-state index in [1.807, 2.05) is 0 Å². The number of halogens is 1. The van der Waals surface area contributed by atoms with Crippen LogP contribution < -0.4 is 0 Å². The standard InChI is InChI=1S/C22H23FN2O5/c1-14-2-7-17(30-14)19-18(20(26)15-3-5-16(23)6-4-15)21(27)22(28)25(19)9-8-24-10-12-29-13-11-24/h2-7,19,26H,8-13H2,1H3/b20-18-. The lowest BCUT2D eigenvalue weighted by Gasteiger charge is -2.30. The number of nitrogens with zero attached hydrogens (tertiary/aromatic N) is 2. The van der Waals surface area contributed by atoms with Gasteiger partial charge < -0.3 is 19.2 Å². The first-order valence-electron chi connectivity index (χ1n) is 9.86. The van der Waals surface area contributed by atoms with Gasteiger partial charge in [0.25, 0.3) is 11.7 Å². The number of ether oxygens (including phenoxy) is 1. The minimum Gasteiger partial charge on any atom is -0.507 e. The summed E-state index contributed by atoms with van der Waals surface area (Å²) in [5.74, 6) is -1.25. The first-order valence-corrected chi connectivity index (χ1v) is 9.86. The van der Waals surface area contributed by atoms with Crippen molar-refractivity contribution in [1.29, 1.82) is 0 Å². The molecular weight excluding hydrogens is 391 g/mol. The van der Waals surface area contributed by atoms with Crippen LogP contribution in [0.25, 0.3) is 5.76 Å². The lowest BCUT2D eigenvalue weighted by atomic mass is 9.99. The Morgan fingerprint density at radius 2 is 1.80 bits per heavy atom. The zero-order valence-corrected chi connectivity index (χ0v) is 16.6. The molecule has 1 unspecified atom stereocenters. The third-order valence-corrected chi connectivity index (χ3v) is 5.45. The second kappa shape index (κ2) is 8.41. The fourth-order valence-electron chi connectivity index (χ4n) is 3.84. The zero-order chi connectivity index (χ0) is 21.3. The molecule has 8 heteroatoms. The van der Waals surface area contributed by atoms with E-state index in [1.165, 1.54) is 29.2 Å². The molecule has 0 aliphatic carbocycles. The molecule has 2 aromatic rings. The van der Waals surface area contributed by atoms with Gasteiger partial charge in [-0.2, -0.15) is 0 Å². The van der Waals surface area contributed by atoms with Crippen LogP contribution in [0.1, 0.15) is 23.1 Å². The molecule has 0 radical (unpaired) electrons. The molecule has 1 aromatic carbocycles. The second-order valence-electron chi connectivity index (χ2n) is 7.40. The molecule has 0 spiro atoms. The van der Waals surface area contributed by atoms with Gasteiger partial charge in [-0.3, -0.25) is 14.5 Å². The van der Waals surface area contributed by atoms with E-state index in [1.54, 1.807) is 19.1 Å². The molecule has 0 saturated carbocycles. The van der Waals surface area contributed by atoms with Crippen molar-refractivity contribution in [3.8, 4) is 0 Å². The third kappa shape index (κ3) is 3.88. The second-order valence-corrected chi connectivity index (χ2v) is 7.40. The highest BCUT2D eigenvalue weighted by atomic mass is 19.1. The number of furan rings is 1. The summed E-state index contributed by atoms with van der Waals surface area (Å²) in [6, 6.07) is 7.73. The summed E-state index contributed by atoms with van der Waals surface area (Å²) in [6.07, 6.45) is 0. The Kier molecular flexibility index (Phi) is 5.69. The number of benzene rings is 1. The van der Waals surface area contributed by atoms with Gasteiger partial charge in [0.2, 0.25) is 0 Å². The molecule has 1 atom stereocenters. The number of aliphatic hydroxyl groups is 1. The Morgan fingerprint density at radius 3 is 2.43 bits per heavy atom. The Morgan fingerprint density at radius 1 is 1.10 bits per heavy atom. The molecule has 7 nitrogen and oxygen atoms in total. The number of ketones is 1. The quantitative estimate of drug-likeness (QED) is 0.460. The summed E-state index contributed by atoms with van der Waals surface area (Å²) in [6.45, 7) is 5.41. The largest absolute Gasteiger partial charge is 0.507 e. The van der Waals surface area contributed by atoms with Gasteiger partial charge >= 0.3 is 0 Å². The first-order chi connectivity index (χ1) is 14.5. The van der Waals surface area contributed by atoms with Crippen LogP contribution in [0, 0.1) is 12.7 Å². The van der Waals surface area contributed by atoms with Crippen LogP contribution in [-0.2, 0) is 14.3 Å². The average Bonchev–Trinajstić information content (AvgIpc) is 3.28. The highest BCUT2D eigenvalue weighted by molar-refractivity contribution is 6.46. The molecule has 2 fully saturated rings. The molecular formula is C22H23FN2O5. The van der Waals surface area contributed by atoms with Gasteiger partial charge in [0.15, 0.2) is 0 Å². The molecule has 0 bridgehead atoms. The smallest absolute Gasteiger partial charge is 0.295 e. The maximum Gasteiger partial charge on any atom is 0.295 e. The molecule has 1 amide bonds. The molecule has 1 aromatic heterocycles. The number of aliphatic hydroxyl groups excluding tert-OH is 1. The first kappa shape index (κ1) is 20.3. The summed E-state index contributed by atoms with van der Waals surface area (Å²) in [7, 11) is 0. The number of rotatable bonds is 5. The highest BCUT2D eigenvalue weighted by Gasteiger charge is 2.47.